The molecule has 1 aliphatic rings. The average Bonchev–Trinajstić information content (AvgIpc) is 2.79. The second-order valence-corrected chi connectivity index (χ2v) is 6.53. The second-order valence-electron chi connectivity index (χ2n) is 6.53. The maximum atomic E-state index is 12.8. The van der Waals surface area contributed by atoms with Crippen LogP contribution < -0.4 is 10.9 Å². The first kappa shape index (κ1) is 16.5. The molecule has 1 aromatic heterocycles. The summed E-state index contributed by atoms with van der Waals surface area (Å²) >= 11 is 0. The number of carbonyl (C=O) groups excluding carboxylic acids is 1. The molecule has 0 saturated carbocycles. The zero-order valence-corrected chi connectivity index (χ0v) is 14.5. The van der Waals surface area contributed by atoms with E-state index >= 15 is 0 Å². The molecule has 1 amide bonds. The van der Waals surface area contributed by atoms with E-state index in [9.17, 15) is 9.59 Å². The number of anilines is 1. The van der Waals surface area contributed by atoms with Gasteiger partial charge in [-0.25, -0.2) is 4.68 Å². The van der Waals surface area contributed by atoms with Gasteiger partial charge < -0.3 is 10.2 Å². The minimum absolute atomic E-state index is 0.0621. The molecule has 24 heavy (non-hydrogen) atoms. The number of likely N-dealkylation sites (tertiary alicyclic amines) is 1. The van der Waals surface area contributed by atoms with Crippen LogP contribution in [0.4, 0.5) is 5.69 Å². The minimum atomic E-state index is -0.196. The second kappa shape index (κ2) is 6.65. The maximum absolute atomic E-state index is 12.8. The van der Waals surface area contributed by atoms with Gasteiger partial charge in [0.15, 0.2) is 0 Å². The Morgan fingerprint density at radius 1 is 1.21 bits per heavy atom. The van der Waals surface area contributed by atoms with Crippen molar-refractivity contribution in [1.82, 2.24) is 14.3 Å². The van der Waals surface area contributed by atoms with Crippen LogP contribution in [0.3, 0.4) is 0 Å². The van der Waals surface area contributed by atoms with E-state index in [0.717, 1.165) is 37.3 Å². The molecule has 6 nitrogen and oxygen atoms in total. The lowest BCUT2D eigenvalue weighted by molar-refractivity contribution is -0.121. The third-order valence-corrected chi connectivity index (χ3v) is 4.80. The summed E-state index contributed by atoms with van der Waals surface area (Å²) in [5, 5.41) is 2.88. The van der Waals surface area contributed by atoms with Crippen LogP contribution >= 0.6 is 0 Å². The number of amides is 1. The molecule has 1 aromatic carbocycles. The van der Waals surface area contributed by atoms with Crippen LogP contribution in [-0.4, -0.2) is 40.3 Å². The van der Waals surface area contributed by atoms with Crippen molar-refractivity contribution < 1.29 is 4.79 Å². The molecule has 0 aliphatic carbocycles. The fourth-order valence-electron chi connectivity index (χ4n) is 3.32. The molecule has 6 heteroatoms. The molecule has 1 fully saturated rings. The number of aromatic nitrogens is 2. The van der Waals surface area contributed by atoms with Crippen molar-refractivity contribution in [2.75, 3.05) is 25.5 Å². The molecule has 2 aromatic rings. The summed E-state index contributed by atoms with van der Waals surface area (Å²) in [5.74, 6) is -0.125. The van der Waals surface area contributed by atoms with Crippen molar-refractivity contribution in [3.8, 4) is 5.69 Å². The predicted molar refractivity (Wildman–Crippen MR) is 94.6 cm³/mol. The van der Waals surface area contributed by atoms with Gasteiger partial charge in [0.25, 0.3) is 5.56 Å². The Hall–Kier alpha value is -2.34. The molecular formula is C18H24N4O2. The summed E-state index contributed by atoms with van der Waals surface area (Å²) in [5.41, 5.74) is 1.71. The van der Waals surface area contributed by atoms with Gasteiger partial charge in [-0.3, -0.25) is 14.3 Å². The molecule has 2 heterocycles. The quantitative estimate of drug-likeness (QED) is 0.934. The van der Waals surface area contributed by atoms with E-state index in [-0.39, 0.29) is 17.4 Å². The SMILES string of the molecule is Cc1c(NC(=O)[C@@H]2CCCN(C)C2)c(=O)n(-c2ccccc2)n1C. The van der Waals surface area contributed by atoms with Gasteiger partial charge in [-0.1, -0.05) is 18.2 Å². The predicted octanol–water partition coefficient (Wildman–Crippen LogP) is 1.76. The molecule has 0 radical (unpaired) electrons. The molecule has 1 N–H and O–H groups in total. The largest absolute Gasteiger partial charge is 0.320 e. The zero-order valence-electron chi connectivity index (χ0n) is 14.5. The Labute approximate surface area is 141 Å². The van der Waals surface area contributed by atoms with E-state index in [1.54, 1.807) is 9.36 Å². The number of hydrogen-bond donors (Lipinski definition) is 1. The summed E-state index contributed by atoms with van der Waals surface area (Å²) in [4.78, 5) is 27.6. The fraction of sp³-hybridized carbons (Fsp3) is 0.444. The van der Waals surface area contributed by atoms with E-state index in [2.05, 4.69) is 10.2 Å². The van der Waals surface area contributed by atoms with E-state index in [0.29, 0.717) is 5.69 Å². The number of carbonyl (C=O) groups is 1. The lowest BCUT2D eigenvalue weighted by Gasteiger charge is -2.28. The van der Waals surface area contributed by atoms with E-state index in [1.807, 2.05) is 51.4 Å². The van der Waals surface area contributed by atoms with Crippen LogP contribution in [0, 0.1) is 12.8 Å². The molecule has 1 atom stereocenters. The summed E-state index contributed by atoms with van der Waals surface area (Å²) in [7, 11) is 3.85. The van der Waals surface area contributed by atoms with Crippen molar-refractivity contribution in [3.63, 3.8) is 0 Å². The van der Waals surface area contributed by atoms with Crippen molar-refractivity contribution in [2.45, 2.75) is 19.8 Å². The number of nitrogens with zero attached hydrogens (tertiary/aromatic N) is 3. The first-order chi connectivity index (χ1) is 11.5. The van der Waals surface area contributed by atoms with Crippen LogP contribution in [0.25, 0.3) is 5.69 Å². The number of benzene rings is 1. The molecule has 1 aliphatic heterocycles. The number of hydrogen-bond acceptors (Lipinski definition) is 3. The van der Waals surface area contributed by atoms with Gasteiger partial charge in [-0.05, 0) is 45.5 Å². The highest BCUT2D eigenvalue weighted by atomic mass is 16.2. The minimum Gasteiger partial charge on any atom is -0.320 e. The lowest BCUT2D eigenvalue weighted by Crippen LogP contribution is -2.39. The number of nitrogens with one attached hydrogen (secondary N) is 1. The fourth-order valence-corrected chi connectivity index (χ4v) is 3.32. The highest BCUT2D eigenvalue weighted by Crippen LogP contribution is 2.19. The van der Waals surface area contributed by atoms with Gasteiger partial charge in [0.05, 0.1) is 17.3 Å². The molecule has 0 spiro atoms. The van der Waals surface area contributed by atoms with Gasteiger partial charge in [0, 0.05) is 13.6 Å². The first-order valence-corrected chi connectivity index (χ1v) is 8.32. The maximum Gasteiger partial charge on any atom is 0.295 e. The molecule has 1 saturated heterocycles. The molecule has 3 rings (SSSR count). The van der Waals surface area contributed by atoms with Crippen molar-refractivity contribution >= 4 is 11.6 Å². The van der Waals surface area contributed by atoms with E-state index in [4.69, 9.17) is 0 Å². The average molecular weight is 328 g/mol. The smallest absolute Gasteiger partial charge is 0.295 e. The number of piperidine rings is 1. The Kier molecular flexibility index (Phi) is 4.57. The molecular weight excluding hydrogens is 304 g/mol. The highest BCUT2D eigenvalue weighted by Gasteiger charge is 2.26. The monoisotopic (exact) mass is 328 g/mol. The zero-order chi connectivity index (χ0) is 17.3. The van der Waals surface area contributed by atoms with Gasteiger partial charge in [0.1, 0.15) is 5.69 Å². The Balaban J connectivity index is 1.89. The van der Waals surface area contributed by atoms with E-state index < -0.39 is 0 Å². The standard InChI is InChI=1S/C18H24N4O2/c1-13-16(19-17(23)14-8-7-11-20(2)12-14)18(24)22(21(13)3)15-9-5-4-6-10-15/h4-6,9-10,14H,7-8,11-12H2,1-3H3,(H,19,23)/t14-/m1/s1. The van der Waals surface area contributed by atoms with Crippen LogP contribution in [0.1, 0.15) is 18.5 Å². The normalized spacial score (nSPS) is 18.5. The van der Waals surface area contributed by atoms with Crippen molar-refractivity contribution in [2.24, 2.45) is 13.0 Å². The van der Waals surface area contributed by atoms with Crippen molar-refractivity contribution in [3.05, 3.63) is 46.4 Å². The van der Waals surface area contributed by atoms with Crippen LogP contribution in [0.15, 0.2) is 35.1 Å². The Bertz CT molecular complexity index is 791. The van der Waals surface area contributed by atoms with Crippen molar-refractivity contribution in [1.29, 1.82) is 0 Å². The first-order valence-electron chi connectivity index (χ1n) is 8.32. The number of rotatable bonds is 3. The van der Waals surface area contributed by atoms with Gasteiger partial charge in [-0.15, -0.1) is 0 Å². The molecule has 128 valence electrons. The summed E-state index contributed by atoms with van der Waals surface area (Å²) < 4.78 is 3.36. The lowest BCUT2D eigenvalue weighted by atomic mass is 9.97. The van der Waals surface area contributed by atoms with Gasteiger partial charge >= 0.3 is 0 Å². The molecule has 0 bridgehead atoms. The summed E-state index contributed by atoms with van der Waals surface area (Å²) in [6, 6.07) is 9.44. The topological polar surface area (TPSA) is 59.3 Å². The Morgan fingerprint density at radius 3 is 2.58 bits per heavy atom. The van der Waals surface area contributed by atoms with Crippen LogP contribution in [-0.2, 0) is 11.8 Å². The Morgan fingerprint density at radius 2 is 1.92 bits per heavy atom. The van der Waals surface area contributed by atoms with E-state index in [1.165, 1.54) is 0 Å². The van der Waals surface area contributed by atoms with Gasteiger partial charge in [-0.2, -0.15) is 0 Å². The molecule has 0 unspecified atom stereocenters. The summed E-state index contributed by atoms with van der Waals surface area (Å²) in [6.07, 6.45) is 1.88. The highest BCUT2D eigenvalue weighted by molar-refractivity contribution is 5.93. The third-order valence-electron chi connectivity index (χ3n) is 4.80. The third kappa shape index (κ3) is 3.01. The summed E-state index contributed by atoms with van der Waals surface area (Å²) in [6.45, 7) is 3.61. The number of para-hydroxylation sites is 1. The van der Waals surface area contributed by atoms with Gasteiger partial charge in [0.2, 0.25) is 5.91 Å². The van der Waals surface area contributed by atoms with Crippen LogP contribution in [0.2, 0.25) is 0 Å². The van der Waals surface area contributed by atoms with Crippen LogP contribution in [0.5, 0.6) is 0 Å².